The van der Waals surface area contributed by atoms with Gasteiger partial charge in [0.15, 0.2) is 5.82 Å². The summed E-state index contributed by atoms with van der Waals surface area (Å²) in [6, 6.07) is 0. The van der Waals surface area contributed by atoms with Crippen molar-refractivity contribution < 1.29 is 14.6 Å². The van der Waals surface area contributed by atoms with Crippen molar-refractivity contribution in [3.8, 4) is 0 Å². The molecular weight excluding hydrogens is 236 g/mol. The van der Waals surface area contributed by atoms with Crippen LogP contribution in [-0.2, 0) is 16.1 Å². The third-order valence-electron chi connectivity index (χ3n) is 3.28. The monoisotopic (exact) mass is 254 g/mol. The first kappa shape index (κ1) is 12.9. The molecule has 3 unspecified atom stereocenters. The molecule has 2 heterocycles. The molecule has 7 nitrogen and oxygen atoms in total. The number of rotatable bonds is 5. The summed E-state index contributed by atoms with van der Waals surface area (Å²) in [6.45, 7) is 5.15. The Kier molecular flexibility index (Phi) is 3.90. The molecule has 3 atom stereocenters. The van der Waals surface area contributed by atoms with Crippen LogP contribution in [0.4, 0.5) is 0 Å². The van der Waals surface area contributed by atoms with Crippen molar-refractivity contribution in [2.45, 2.75) is 45.3 Å². The molecule has 0 spiro atoms. The Labute approximate surface area is 105 Å². The molecule has 1 aromatic heterocycles. The Balaban J connectivity index is 2.05. The average Bonchev–Trinajstić information content (AvgIpc) is 2.85. The number of nitrogens with zero attached hydrogens (tertiary/aromatic N) is 4. The summed E-state index contributed by atoms with van der Waals surface area (Å²) < 4.78 is 7.22. The second-order valence-corrected chi connectivity index (χ2v) is 4.89. The normalized spacial score (nSPS) is 25.2. The summed E-state index contributed by atoms with van der Waals surface area (Å²) in [6.07, 6.45) is 1.15. The van der Waals surface area contributed by atoms with E-state index in [1.807, 2.05) is 13.8 Å². The topological polar surface area (TPSA) is 90.1 Å². The number of carboxylic acid groups (broad SMARTS) is 1. The minimum atomic E-state index is -0.797. The molecule has 1 aromatic rings. The standard InChI is InChI=1S/C11H18N4O3/c1-7(5-10(16)17)6-15-11(12-13-14-15)9-3-4-18-8(9)2/h7-9H,3-6H2,1-2H3,(H,16,17). The SMILES string of the molecule is CC(CC(=O)O)Cn1nnnc1C1CCOC1C. The molecule has 1 aliphatic heterocycles. The van der Waals surface area contributed by atoms with Crippen molar-refractivity contribution in [3.05, 3.63) is 5.82 Å². The van der Waals surface area contributed by atoms with Crippen LogP contribution in [0.5, 0.6) is 0 Å². The molecule has 18 heavy (non-hydrogen) atoms. The van der Waals surface area contributed by atoms with Gasteiger partial charge in [-0.1, -0.05) is 6.92 Å². The minimum absolute atomic E-state index is 0.00220. The number of aliphatic carboxylic acids is 1. The summed E-state index contributed by atoms with van der Waals surface area (Å²) in [5, 5.41) is 20.5. The van der Waals surface area contributed by atoms with E-state index >= 15 is 0 Å². The van der Waals surface area contributed by atoms with Crippen molar-refractivity contribution in [2.75, 3.05) is 6.61 Å². The van der Waals surface area contributed by atoms with Gasteiger partial charge in [0.05, 0.1) is 6.10 Å². The van der Waals surface area contributed by atoms with Crippen molar-refractivity contribution >= 4 is 5.97 Å². The molecule has 7 heteroatoms. The van der Waals surface area contributed by atoms with Crippen molar-refractivity contribution in [1.82, 2.24) is 20.2 Å². The Morgan fingerprint density at radius 3 is 3.06 bits per heavy atom. The van der Waals surface area contributed by atoms with Crippen LogP contribution in [0.1, 0.15) is 38.4 Å². The summed E-state index contributed by atoms with van der Waals surface area (Å²) in [4.78, 5) is 10.7. The molecule has 100 valence electrons. The highest BCUT2D eigenvalue weighted by Gasteiger charge is 2.30. The Bertz CT molecular complexity index is 420. The molecule has 1 aliphatic rings. The zero-order valence-corrected chi connectivity index (χ0v) is 10.6. The van der Waals surface area contributed by atoms with Gasteiger partial charge in [0.2, 0.25) is 0 Å². The van der Waals surface area contributed by atoms with Gasteiger partial charge in [-0.3, -0.25) is 4.79 Å². The van der Waals surface area contributed by atoms with E-state index in [1.165, 1.54) is 0 Å². The maximum atomic E-state index is 10.7. The highest BCUT2D eigenvalue weighted by atomic mass is 16.5. The van der Waals surface area contributed by atoms with Crippen LogP contribution in [0.3, 0.4) is 0 Å². The molecule has 0 aliphatic carbocycles. The predicted octanol–water partition coefficient (Wildman–Crippen LogP) is 0.676. The van der Waals surface area contributed by atoms with Crippen LogP contribution in [0.2, 0.25) is 0 Å². The van der Waals surface area contributed by atoms with Crippen molar-refractivity contribution in [2.24, 2.45) is 5.92 Å². The van der Waals surface area contributed by atoms with Crippen LogP contribution in [-0.4, -0.2) is 44.0 Å². The lowest BCUT2D eigenvalue weighted by molar-refractivity contribution is -0.138. The summed E-state index contributed by atoms with van der Waals surface area (Å²) in [7, 11) is 0. The van der Waals surface area contributed by atoms with Gasteiger partial charge in [0.25, 0.3) is 0 Å². The van der Waals surface area contributed by atoms with E-state index in [-0.39, 0.29) is 24.4 Å². The van der Waals surface area contributed by atoms with E-state index in [0.29, 0.717) is 6.54 Å². The quantitative estimate of drug-likeness (QED) is 0.830. The second kappa shape index (κ2) is 5.43. The lowest BCUT2D eigenvalue weighted by atomic mass is 10.0. The van der Waals surface area contributed by atoms with Crippen LogP contribution in [0.15, 0.2) is 0 Å². The first-order valence-corrected chi connectivity index (χ1v) is 6.17. The maximum Gasteiger partial charge on any atom is 0.303 e. The van der Waals surface area contributed by atoms with Gasteiger partial charge in [-0.05, 0) is 29.7 Å². The number of hydrogen-bond acceptors (Lipinski definition) is 5. The van der Waals surface area contributed by atoms with Crippen LogP contribution < -0.4 is 0 Å². The fourth-order valence-electron chi connectivity index (χ4n) is 2.34. The molecule has 1 fully saturated rings. The number of hydrogen-bond donors (Lipinski definition) is 1. The number of carboxylic acids is 1. The molecule has 0 amide bonds. The van der Waals surface area contributed by atoms with Crippen LogP contribution in [0.25, 0.3) is 0 Å². The zero-order valence-electron chi connectivity index (χ0n) is 10.6. The molecular formula is C11H18N4O3. The first-order chi connectivity index (χ1) is 8.58. The number of ether oxygens (including phenoxy) is 1. The lowest BCUT2D eigenvalue weighted by Crippen LogP contribution is -2.20. The molecule has 0 saturated carbocycles. The second-order valence-electron chi connectivity index (χ2n) is 4.89. The Morgan fingerprint density at radius 2 is 2.44 bits per heavy atom. The van der Waals surface area contributed by atoms with Gasteiger partial charge in [-0.15, -0.1) is 5.10 Å². The third-order valence-corrected chi connectivity index (χ3v) is 3.28. The van der Waals surface area contributed by atoms with E-state index in [9.17, 15) is 4.79 Å². The third kappa shape index (κ3) is 2.84. The fourth-order valence-corrected chi connectivity index (χ4v) is 2.34. The molecule has 0 aromatic carbocycles. The van der Waals surface area contributed by atoms with E-state index in [4.69, 9.17) is 9.84 Å². The zero-order chi connectivity index (χ0) is 13.1. The fraction of sp³-hybridized carbons (Fsp3) is 0.818. The largest absolute Gasteiger partial charge is 0.481 e. The van der Waals surface area contributed by atoms with E-state index in [0.717, 1.165) is 18.9 Å². The average molecular weight is 254 g/mol. The van der Waals surface area contributed by atoms with Gasteiger partial charge in [-0.25, -0.2) is 4.68 Å². The van der Waals surface area contributed by atoms with E-state index in [2.05, 4.69) is 15.5 Å². The van der Waals surface area contributed by atoms with Gasteiger partial charge < -0.3 is 9.84 Å². The molecule has 0 radical (unpaired) electrons. The summed E-state index contributed by atoms with van der Waals surface area (Å²) in [5.41, 5.74) is 0. The maximum absolute atomic E-state index is 10.7. The highest BCUT2D eigenvalue weighted by molar-refractivity contribution is 5.66. The summed E-state index contributed by atoms with van der Waals surface area (Å²) in [5.74, 6) is 0.214. The van der Waals surface area contributed by atoms with E-state index in [1.54, 1.807) is 4.68 Å². The molecule has 0 bridgehead atoms. The van der Waals surface area contributed by atoms with Gasteiger partial charge in [0.1, 0.15) is 0 Å². The molecule has 2 rings (SSSR count). The van der Waals surface area contributed by atoms with Gasteiger partial charge >= 0.3 is 5.97 Å². The summed E-state index contributed by atoms with van der Waals surface area (Å²) >= 11 is 0. The molecule has 1 saturated heterocycles. The first-order valence-electron chi connectivity index (χ1n) is 6.17. The predicted molar refractivity (Wildman–Crippen MR) is 62.0 cm³/mol. The molecule has 1 N–H and O–H groups in total. The van der Waals surface area contributed by atoms with Crippen molar-refractivity contribution in [3.63, 3.8) is 0 Å². The van der Waals surface area contributed by atoms with Gasteiger partial charge in [0, 0.05) is 25.5 Å². The lowest BCUT2D eigenvalue weighted by Gasteiger charge is -2.15. The Morgan fingerprint density at radius 1 is 1.67 bits per heavy atom. The number of tetrazole rings is 1. The van der Waals surface area contributed by atoms with Crippen molar-refractivity contribution in [1.29, 1.82) is 0 Å². The van der Waals surface area contributed by atoms with Gasteiger partial charge in [-0.2, -0.15) is 0 Å². The van der Waals surface area contributed by atoms with Crippen LogP contribution in [0, 0.1) is 5.92 Å². The van der Waals surface area contributed by atoms with Crippen LogP contribution >= 0.6 is 0 Å². The number of carbonyl (C=O) groups is 1. The smallest absolute Gasteiger partial charge is 0.303 e. The highest BCUT2D eigenvalue weighted by Crippen LogP contribution is 2.29. The van der Waals surface area contributed by atoms with E-state index < -0.39 is 5.97 Å². The minimum Gasteiger partial charge on any atom is -0.481 e. The number of aromatic nitrogens is 4. The Hall–Kier alpha value is -1.50.